The van der Waals surface area contributed by atoms with Crippen LogP contribution in [0.5, 0.6) is 0 Å². The van der Waals surface area contributed by atoms with Gasteiger partial charge in [-0.1, -0.05) is 50.1 Å². The monoisotopic (exact) mass is 364 g/mol. The number of carbonyl (C=O) groups is 1. The van der Waals surface area contributed by atoms with E-state index in [-0.39, 0.29) is 23.4 Å². The van der Waals surface area contributed by atoms with Crippen molar-refractivity contribution in [1.29, 1.82) is 0 Å². The Hall–Kier alpha value is -1.26. The van der Waals surface area contributed by atoms with E-state index in [1.807, 2.05) is 29.2 Å². The minimum atomic E-state index is -0.0812. The number of carbonyl (C=O) groups excluding carboxylic acids is 1. The maximum Gasteiger partial charge on any atom is 0.317 e. The van der Waals surface area contributed by atoms with Crippen LogP contribution in [-0.4, -0.2) is 37.7 Å². The summed E-state index contributed by atoms with van der Waals surface area (Å²) in [6.07, 6.45) is 3.85. The van der Waals surface area contributed by atoms with Crippen LogP contribution in [0.4, 0.5) is 4.79 Å². The zero-order valence-electron chi connectivity index (χ0n) is 15.4. The van der Waals surface area contributed by atoms with Gasteiger partial charge in [0.2, 0.25) is 0 Å². The fourth-order valence-electron chi connectivity index (χ4n) is 4.19. The van der Waals surface area contributed by atoms with Gasteiger partial charge in [-0.15, -0.1) is 0 Å². The van der Waals surface area contributed by atoms with Crippen molar-refractivity contribution in [2.24, 2.45) is 17.3 Å². The zero-order valence-corrected chi connectivity index (χ0v) is 16.2. The molecule has 1 aromatic carbocycles. The molecule has 0 aromatic heterocycles. The third-order valence-corrected chi connectivity index (χ3v) is 6.23. The number of nitrogens with zero attached hydrogens (tertiary/aromatic N) is 1. The lowest BCUT2D eigenvalue weighted by Gasteiger charge is -2.56. The van der Waals surface area contributed by atoms with Crippen LogP contribution in [0.25, 0.3) is 0 Å². The van der Waals surface area contributed by atoms with Crippen molar-refractivity contribution in [3.05, 3.63) is 34.9 Å². The summed E-state index contributed by atoms with van der Waals surface area (Å²) in [6, 6.07) is 7.67. The molecule has 138 valence electrons. The Labute approximate surface area is 155 Å². The van der Waals surface area contributed by atoms with Gasteiger partial charge >= 0.3 is 6.03 Å². The van der Waals surface area contributed by atoms with E-state index in [0.29, 0.717) is 10.9 Å². The second kappa shape index (κ2) is 7.55. The van der Waals surface area contributed by atoms with Crippen LogP contribution in [0.3, 0.4) is 0 Å². The van der Waals surface area contributed by atoms with Gasteiger partial charge in [0.25, 0.3) is 0 Å². The molecule has 1 unspecified atom stereocenters. The molecule has 3 rings (SSSR count). The van der Waals surface area contributed by atoms with Crippen molar-refractivity contribution in [3.8, 4) is 0 Å². The number of halogens is 1. The Morgan fingerprint density at radius 2 is 2.04 bits per heavy atom. The summed E-state index contributed by atoms with van der Waals surface area (Å²) < 4.78 is 5.46. The molecule has 2 aliphatic rings. The van der Waals surface area contributed by atoms with Gasteiger partial charge in [-0.2, -0.15) is 0 Å². The Bertz CT molecular complexity index is 609. The molecule has 4 nitrogen and oxygen atoms in total. The van der Waals surface area contributed by atoms with E-state index < -0.39 is 0 Å². The molecule has 0 radical (unpaired) electrons. The first-order chi connectivity index (χ1) is 12.0. The average molecular weight is 365 g/mol. The third-order valence-electron chi connectivity index (χ3n) is 5.89. The highest BCUT2D eigenvalue weighted by Gasteiger charge is 2.52. The number of hydrogen-bond acceptors (Lipinski definition) is 2. The highest BCUT2D eigenvalue weighted by atomic mass is 35.5. The van der Waals surface area contributed by atoms with Gasteiger partial charge in [0.1, 0.15) is 0 Å². The van der Waals surface area contributed by atoms with E-state index in [4.69, 9.17) is 16.3 Å². The van der Waals surface area contributed by atoms with Gasteiger partial charge in [0.15, 0.2) is 0 Å². The Morgan fingerprint density at radius 3 is 2.56 bits per heavy atom. The van der Waals surface area contributed by atoms with Gasteiger partial charge in [0.05, 0.1) is 12.6 Å². The smallest absolute Gasteiger partial charge is 0.317 e. The molecule has 2 fully saturated rings. The van der Waals surface area contributed by atoms with Crippen LogP contribution in [-0.2, 0) is 4.74 Å². The fourth-order valence-corrected chi connectivity index (χ4v) is 4.44. The highest BCUT2D eigenvalue weighted by molar-refractivity contribution is 6.31. The quantitative estimate of drug-likeness (QED) is 0.807. The van der Waals surface area contributed by atoms with E-state index in [2.05, 4.69) is 19.2 Å². The highest BCUT2D eigenvalue weighted by Crippen LogP contribution is 2.48. The van der Waals surface area contributed by atoms with Gasteiger partial charge in [-0.25, -0.2) is 4.79 Å². The molecule has 1 atom stereocenters. The summed E-state index contributed by atoms with van der Waals surface area (Å²) in [4.78, 5) is 14.7. The molecule has 1 aliphatic carbocycles. The molecule has 1 aliphatic heterocycles. The van der Waals surface area contributed by atoms with E-state index >= 15 is 0 Å². The van der Waals surface area contributed by atoms with Crippen molar-refractivity contribution < 1.29 is 9.53 Å². The fraction of sp³-hybridized carbons (Fsp3) is 0.650. The number of ether oxygens (including phenoxy) is 1. The topological polar surface area (TPSA) is 41.6 Å². The van der Waals surface area contributed by atoms with Crippen molar-refractivity contribution in [2.75, 3.05) is 26.8 Å². The molecule has 1 N–H and O–H groups in total. The summed E-state index contributed by atoms with van der Waals surface area (Å²) in [5.41, 5.74) is 1.15. The first-order valence-electron chi connectivity index (χ1n) is 9.25. The van der Waals surface area contributed by atoms with Crippen molar-refractivity contribution in [1.82, 2.24) is 10.2 Å². The van der Waals surface area contributed by atoms with Crippen LogP contribution in [0.2, 0.25) is 5.02 Å². The van der Waals surface area contributed by atoms with Crippen LogP contribution in [0.1, 0.15) is 44.7 Å². The number of methoxy groups -OCH3 is 1. The summed E-state index contributed by atoms with van der Waals surface area (Å²) >= 11 is 6.35. The van der Waals surface area contributed by atoms with Crippen LogP contribution < -0.4 is 5.32 Å². The van der Waals surface area contributed by atoms with Gasteiger partial charge in [-0.3, -0.25) is 0 Å². The van der Waals surface area contributed by atoms with E-state index in [1.54, 1.807) is 7.11 Å². The molecular formula is C20H29ClN2O2. The molecule has 25 heavy (non-hydrogen) atoms. The Kier molecular flexibility index (Phi) is 5.59. The molecule has 2 amide bonds. The van der Waals surface area contributed by atoms with Crippen LogP contribution >= 0.6 is 11.6 Å². The first kappa shape index (κ1) is 18.5. The number of hydrogen-bond donors (Lipinski definition) is 1. The summed E-state index contributed by atoms with van der Waals surface area (Å²) in [5, 5.41) is 3.89. The van der Waals surface area contributed by atoms with Crippen molar-refractivity contribution >= 4 is 17.6 Å². The lowest BCUT2D eigenvalue weighted by Crippen LogP contribution is -2.66. The first-order valence-corrected chi connectivity index (χ1v) is 9.63. The lowest BCUT2D eigenvalue weighted by molar-refractivity contribution is -0.0942. The van der Waals surface area contributed by atoms with Gasteiger partial charge in [-0.05, 0) is 36.3 Å². The minimum absolute atomic E-state index is 0.00433. The van der Waals surface area contributed by atoms with Crippen LogP contribution in [0, 0.1) is 17.3 Å². The standard InChI is InChI=1S/C20H29ClN2O2/c1-14(2)18(16-9-4-5-10-17(16)21)22-19(24)23-11-20(12-23,13-25-3)15-7-6-8-15/h4-5,9-10,14-15,18H,6-8,11-13H2,1-3H3,(H,22,24). The van der Waals surface area contributed by atoms with Crippen LogP contribution in [0.15, 0.2) is 24.3 Å². The maximum absolute atomic E-state index is 12.8. The predicted molar refractivity (Wildman–Crippen MR) is 101 cm³/mol. The average Bonchev–Trinajstić information content (AvgIpc) is 2.48. The predicted octanol–water partition coefficient (Wildman–Crippen LogP) is 4.50. The van der Waals surface area contributed by atoms with Gasteiger partial charge in [0, 0.05) is 30.6 Å². The van der Waals surface area contributed by atoms with Crippen molar-refractivity contribution in [2.45, 2.75) is 39.2 Å². The second-order valence-electron chi connectivity index (χ2n) is 7.97. The number of nitrogens with one attached hydrogen (secondary N) is 1. The van der Waals surface area contributed by atoms with E-state index in [0.717, 1.165) is 25.3 Å². The molecule has 1 heterocycles. The molecule has 5 heteroatoms. The molecule has 1 saturated heterocycles. The van der Waals surface area contributed by atoms with Crippen molar-refractivity contribution in [3.63, 3.8) is 0 Å². The normalized spacial score (nSPS) is 20.8. The number of rotatable bonds is 6. The number of urea groups is 1. The summed E-state index contributed by atoms with van der Waals surface area (Å²) in [5.74, 6) is 0.974. The Balaban J connectivity index is 1.64. The second-order valence-corrected chi connectivity index (χ2v) is 8.38. The molecular weight excluding hydrogens is 336 g/mol. The molecule has 0 spiro atoms. The number of amides is 2. The number of likely N-dealkylation sites (tertiary alicyclic amines) is 1. The SMILES string of the molecule is COCC1(C2CCC2)CN(C(=O)NC(c2ccccc2Cl)C(C)C)C1. The summed E-state index contributed by atoms with van der Waals surface area (Å²) in [6.45, 7) is 6.55. The lowest BCUT2D eigenvalue weighted by atomic mass is 9.61. The minimum Gasteiger partial charge on any atom is -0.384 e. The largest absolute Gasteiger partial charge is 0.384 e. The molecule has 1 aromatic rings. The Morgan fingerprint density at radius 1 is 1.36 bits per heavy atom. The zero-order chi connectivity index (χ0) is 18.0. The van der Waals surface area contributed by atoms with E-state index in [9.17, 15) is 4.79 Å². The van der Waals surface area contributed by atoms with E-state index in [1.165, 1.54) is 19.3 Å². The molecule has 1 saturated carbocycles. The van der Waals surface area contributed by atoms with Gasteiger partial charge < -0.3 is 15.0 Å². The summed E-state index contributed by atoms with van der Waals surface area (Å²) in [7, 11) is 1.76. The third kappa shape index (κ3) is 3.65. The maximum atomic E-state index is 12.8. The number of benzene rings is 1. The molecule has 0 bridgehead atoms.